The minimum Gasteiger partial charge on any atom is -0.221 e. The van der Waals surface area contributed by atoms with Crippen molar-refractivity contribution in [1.82, 2.24) is 8.69 Å². The molecule has 0 atom stereocenters. The molecule has 0 fully saturated rings. The number of sulfonamides is 1. The smallest absolute Gasteiger partial charge is 0.221 e. The molecule has 8 heteroatoms. The number of nitrogens with zero attached hydrogens (tertiary/aromatic N) is 1. The van der Waals surface area contributed by atoms with Crippen molar-refractivity contribution in [3.63, 3.8) is 0 Å². The first-order valence-corrected chi connectivity index (χ1v) is 13.8. The van der Waals surface area contributed by atoms with Crippen molar-refractivity contribution in [1.29, 1.82) is 0 Å². The largest absolute Gasteiger partial charge is 0.269 e. The van der Waals surface area contributed by atoms with E-state index < -0.39 is 26.1 Å². The van der Waals surface area contributed by atoms with Crippen molar-refractivity contribution in [2.45, 2.75) is 16.0 Å². The molecule has 0 aliphatic carbocycles. The summed E-state index contributed by atoms with van der Waals surface area (Å²) in [5, 5.41) is 0.155. The highest BCUT2D eigenvalue weighted by molar-refractivity contribution is 7.92. The topological polar surface area (TPSA) is 85.2 Å². The third kappa shape index (κ3) is 4.39. The average Bonchev–Trinajstić information content (AvgIpc) is 3.31. The van der Waals surface area contributed by atoms with E-state index >= 15 is 0 Å². The normalized spacial score (nSPS) is 12.3. The van der Waals surface area contributed by atoms with Crippen molar-refractivity contribution in [3.8, 4) is 0 Å². The standard InChI is InChI=1S/C27H22N2O4S2/c30-34(31,28-27(21-12-4-1-5-13-21)22-14-6-2-7-15-22)26-20-23-16-10-11-19-25(23)29(26)35(32,33)24-17-8-3-9-18-24/h1-20,27-28H. The molecule has 4 aromatic carbocycles. The summed E-state index contributed by atoms with van der Waals surface area (Å²) in [5.74, 6) is 0. The predicted octanol–water partition coefficient (Wildman–Crippen LogP) is 4.95. The Morgan fingerprint density at radius 3 is 1.66 bits per heavy atom. The zero-order valence-electron chi connectivity index (χ0n) is 18.5. The van der Waals surface area contributed by atoms with Crippen molar-refractivity contribution in [2.24, 2.45) is 0 Å². The Morgan fingerprint density at radius 2 is 1.09 bits per heavy atom. The van der Waals surface area contributed by atoms with Gasteiger partial charge in [0.1, 0.15) is 0 Å². The number of rotatable bonds is 7. The molecule has 0 aliphatic heterocycles. The molecule has 0 amide bonds. The Morgan fingerprint density at radius 1 is 0.600 bits per heavy atom. The zero-order valence-corrected chi connectivity index (χ0v) is 20.2. The fraction of sp³-hybridized carbons (Fsp3) is 0.0370. The third-order valence-corrected chi connectivity index (χ3v) is 8.98. The molecular formula is C27H22N2O4S2. The van der Waals surface area contributed by atoms with Crippen LogP contribution in [-0.2, 0) is 20.0 Å². The molecule has 0 saturated heterocycles. The number of hydrogen-bond acceptors (Lipinski definition) is 4. The van der Waals surface area contributed by atoms with E-state index in [9.17, 15) is 16.8 Å². The van der Waals surface area contributed by atoms with E-state index in [0.717, 1.165) is 15.1 Å². The molecule has 176 valence electrons. The van der Waals surface area contributed by atoms with Crippen molar-refractivity contribution in [2.75, 3.05) is 0 Å². The highest BCUT2D eigenvalue weighted by atomic mass is 32.2. The van der Waals surface area contributed by atoms with Crippen molar-refractivity contribution < 1.29 is 16.8 Å². The van der Waals surface area contributed by atoms with Crippen LogP contribution in [0.25, 0.3) is 10.9 Å². The summed E-state index contributed by atoms with van der Waals surface area (Å²) in [7, 11) is -8.51. The van der Waals surface area contributed by atoms with Crippen LogP contribution >= 0.6 is 0 Å². The minimum atomic E-state index is -4.31. The average molecular weight is 503 g/mol. The van der Waals surface area contributed by atoms with Gasteiger partial charge >= 0.3 is 0 Å². The molecule has 0 spiro atoms. The van der Waals surface area contributed by atoms with Gasteiger partial charge in [-0.2, -0.15) is 4.72 Å². The fourth-order valence-corrected chi connectivity index (χ4v) is 7.39. The van der Waals surface area contributed by atoms with Crippen LogP contribution in [0.3, 0.4) is 0 Å². The summed E-state index contributed by atoms with van der Waals surface area (Å²) in [4.78, 5) is 0.000437. The highest BCUT2D eigenvalue weighted by Gasteiger charge is 2.32. The molecule has 6 nitrogen and oxygen atoms in total. The summed E-state index contributed by atoms with van der Waals surface area (Å²) in [6.07, 6.45) is 0. The van der Waals surface area contributed by atoms with Gasteiger partial charge in [0.15, 0.2) is 5.03 Å². The second-order valence-electron chi connectivity index (χ2n) is 8.00. The van der Waals surface area contributed by atoms with Gasteiger partial charge in [0, 0.05) is 5.39 Å². The molecule has 1 N–H and O–H groups in total. The summed E-state index contributed by atoms with van der Waals surface area (Å²) in [6.45, 7) is 0. The first kappa shape index (κ1) is 23.0. The maximum atomic E-state index is 13.9. The van der Waals surface area contributed by atoms with E-state index in [1.54, 1.807) is 42.5 Å². The minimum absolute atomic E-state index is 0.000437. The van der Waals surface area contributed by atoms with Gasteiger partial charge in [0.05, 0.1) is 16.5 Å². The third-order valence-electron chi connectivity index (χ3n) is 5.73. The van der Waals surface area contributed by atoms with E-state index in [1.165, 1.54) is 18.2 Å². The molecule has 1 aromatic heterocycles. The Hall–Kier alpha value is -3.72. The maximum absolute atomic E-state index is 13.9. The molecule has 5 aromatic rings. The first-order chi connectivity index (χ1) is 16.9. The lowest BCUT2D eigenvalue weighted by Gasteiger charge is -2.20. The molecule has 0 saturated carbocycles. The van der Waals surface area contributed by atoms with Crippen LogP contribution in [0.4, 0.5) is 0 Å². The maximum Gasteiger partial charge on any atom is 0.269 e. The van der Waals surface area contributed by atoms with Gasteiger partial charge in [0.25, 0.3) is 20.0 Å². The lowest BCUT2D eigenvalue weighted by molar-refractivity contribution is 0.559. The number of hydrogen-bond donors (Lipinski definition) is 1. The number of para-hydroxylation sites is 1. The lowest BCUT2D eigenvalue weighted by Crippen LogP contribution is -2.32. The van der Waals surface area contributed by atoms with Gasteiger partial charge in [-0.05, 0) is 35.4 Å². The predicted molar refractivity (Wildman–Crippen MR) is 136 cm³/mol. The molecular weight excluding hydrogens is 480 g/mol. The van der Waals surface area contributed by atoms with Gasteiger partial charge < -0.3 is 0 Å². The van der Waals surface area contributed by atoms with Crippen LogP contribution in [0.5, 0.6) is 0 Å². The van der Waals surface area contributed by atoms with E-state index in [1.807, 2.05) is 60.7 Å². The summed E-state index contributed by atoms with van der Waals surface area (Å²) < 4.78 is 58.7. The first-order valence-electron chi connectivity index (χ1n) is 10.9. The molecule has 0 unspecified atom stereocenters. The van der Waals surface area contributed by atoms with Crippen molar-refractivity contribution in [3.05, 3.63) is 132 Å². The summed E-state index contributed by atoms with van der Waals surface area (Å²) >= 11 is 0. The van der Waals surface area contributed by atoms with E-state index in [2.05, 4.69) is 4.72 Å². The Bertz CT molecular complexity index is 1640. The Kier molecular flexibility index (Phi) is 6.02. The second kappa shape index (κ2) is 9.14. The number of nitrogens with one attached hydrogen (secondary N) is 1. The van der Waals surface area contributed by atoms with E-state index in [-0.39, 0.29) is 15.4 Å². The van der Waals surface area contributed by atoms with Crippen molar-refractivity contribution >= 4 is 30.9 Å². The fourth-order valence-electron chi connectivity index (χ4n) is 4.07. The summed E-state index contributed by atoms with van der Waals surface area (Å²) in [6, 6.07) is 33.5. The van der Waals surface area contributed by atoms with Gasteiger partial charge in [-0.3, -0.25) is 0 Å². The SMILES string of the molecule is O=S(=O)(NC(c1ccccc1)c1ccccc1)c1cc2ccccc2n1S(=O)(=O)c1ccccc1. The number of aromatic nitrogens is 1. The van der Waals surface area contributed by atoms with Crippen LogP contribution in [-0.4, -0.2) is 20.8 Å². The summed E-state index contributed by atoms with van der Waals surface area (Å²) in [5.41, 5.74) is 1.75. The highest BCUT2D eigenvalue weighted by Crippen LogP contribution is 2.31. The van der Waals surface area contributed by atoms with Crippen LogP contribution in [0.15, 0.2) is 131 Å². The molecule has 1 heterocycles. The van der Waals surface area contributed by atoms with Crippen LogP contribution < -0.4 is 4.72 Å². The van der Waals surface area contributed by atoms with Crippen LogP contribution in [0, 0.1) is 0 Å². The monoisotopic (exact) mass is 502 g/mol. The quantitative estimate of drug-likeness (QED) is 0.341. The Balaban J connectivity index is 1.69. The van der Waals surface area contributed by atoms with Gasteiger partial charge in [0.2, 0.25) is 0 Å². The molecule has 0 radical (unpaired) electrons. The van der Waals surface area contributed by atoms with E-state index in [4.69, 9.17) is 0 Å². The molecule has 5 rings (SSSR count). The molecule has 35 heavy (non-hydrogen) atoms. The van der Waals surface area contributed by atoms with Gasteiger partial charge in [-0.1, -0.05) is 97.1 Å². The Labute approximate surface area is 204 Å². The van der Waals surface area contributed by atoms with E-state index in [0.29, 0.717) is 5.39 Å². The zero-order chi connectivity index (χ0) is 24.5. The van der Waals surface area contributed by atoms with Gasteiger partial charge in [-0.25, -0.2) is 20.8 Å². The van der Waals surface area contributed by atoms with Gasteiger partial charge in [-0.15, -0.1) is 0 Å². The molecule has 0 aliphatic rings. The van der Waals surface area contributed by atoms with Crippen LogP contribution in [0.2, 0.25) is 0 Å². The number of fused-ring (bicyclic) bond motifs is 1. The number of benzene rings is 4. The lowest BCUT2D eigenvalue weighted by atomic mass is 10.00. The second-order valence-corrected chi connectivity index (χ2v) is 11.4. The van der Waals surface area contributed by atoms with Crippen LogP contribution in [0.1, 0.15) is 17.2 Å². The molecule has 0 bridgehead atoms.